The van der Waals surface area contributed by atoms with E-state index in [-0.39, 0.29) is 6.04 Å². The normalized spacial score (nSPS) is 25.5. The number of oxazole rings is 1. The van der Waals surface area contributed by atoms with Crippen molar-refractivity contribution in [3.63, 3.8) is 0 Å². The summed E-state index contributed by atoms with van der Waals surface area (Å²) in [7, 11) is 0. The number of β-amino-alcohol motifs (C(OH)–C–C–N with tert-alkyl or cyclic N) is 1. The van der Waals surface area contributed by atoms with E-state index < -0.39 is 5.60 Å². The summed E-state index contributed by atoms with van der Waals surface area (Å²) >= 11 is 0. The second-order valence-electron chi connectivity index (χ2n) is 7.45. The highest BCUT2D eigenvalue weighted by atomic mass is 16.4. The smallest absolute Gasteiger partial charge is 0.208 e. The van der Waals surface area contributed by atoms with Crippen LogP contribution in [0.15, 0.2) is 16.8 Å². The lowest BCUT2D eigenvalue weighted by Gasteiger charge is -2.37. The molecule has 4 rings (SSSR count). The average molecular weight is 331 g/mol. The maximum Gasteiger partial charge on any atom is 0.208 e. The van der Waals surface area contributed by atoms with Crippen LogP contribution in [-0.2, 0) is 12.1 Å². The molecular formula is C17H25N5O2. The lowest BCUT2D eigenvalue weighted by Crippen LogP contribution is -2.46. The van der Waals surface area contributed by atoms with E-state index in [1.54, 1.807) is 4.68 Å². The molecule has 1 atom stereocenters. The Hall–Kier alpha value is -1.73. The Morgan fingerprint density at radius 2 is 2.25 bits per heavy atom. The van der Waals surface area contributed by atoms with E-state index in [0.717, 1.165) is 24.6 Å². The zero-order chi connectivity index (χ0) is 16.7. The van der Waals surface area contributed by atoms with E-state index in [0.29, 0.717) is 31.1 Å². The van der Waals surface area contributed by atoms with Gasteiger partial charge in [-0.15, -0.1) is 5.10 Å². The molecule has 2 aromatic rings. The summed E-state index contributed by atoms with van der Waals surface area (Å²) in [6.45, 7) is 6.20. The van der Waals surface area contributed by atoms with Crippen molar-refractivity contribution in [2.75, 3.05) is 13.1 Å². The Bertz CT molecular complexity index is 705. The predicted octanol–water partition coefficient (Wildman–Crippen LogP) is 2.21. The predicted molar refractivity (Wildman–Crippen MR) is 87.3 cm³/mol. The SMILES string of the molecule is CC(C)n1cc(C2(O)CCCN(Cc3ncc(C4CC4)o3)C2)nn1. The summed E-state index contributed by atoms with van der Waals surface area (Å²) in [5.74, 6) is 2.33. The van der Waals surface area contributed by atoms with Crippen molar-refractivity contribution >= 4 is 0 Å². The third kappa shape index (κ3) is 3.10. The lowest BCUT2D eigenvalue weighted by atomic mass is 9.90. The molecule has 130 valence electrons. The molecular weight excluding hydrogens is 306 g/mol. The minimum absolute atomic E-state index is 0.239. The molecule has 2 aliphatic rings. The maximum absolute atomic E-state index is 11.1. The average Bonchev–Trinajstić information content (AvgIpc) is 3.08. The highest BCUT2D eigenvalue weighted by Crippen LogP contribution is 2.40. The van der Waals surface area contributed by atoms with E-state index in [4.69, 9.17) is 4.42 Å². The zero-order valence-electron chi connectivity index (χ0n) is 14.4. The van der Waals surface area contributed by atoms with Gasteiger partial charge in [0.1, 0.15) is 17.1 Å². The molecule has 0 radical (unpaired) electrons. The summed E-state index contributed by atoms with van der Waals surface area (Å²) < 4.78 is 7.65. The van der Waals surface area contributed by atoms with Crippen LogP contribution in [0.1, 0.15) is 68.8 Å². The Morgan fingerprint density at radius 3 is 2.96 bits per heavy atom. The second kappa shape index (κ2) is 5.97. The first-order valence-corrected chi connectivity index (χ1v) is 8.85. The molecule has 1 saturated heterocycles. The van der Waals surface area contributed by atoms with Gasteiger partial charge in [-0.1, -0.05) is 5.21 Å². The minimum Gasteiger partial charge on any atom is -0.444 e. The third-order valence-electron chi connectivity index (χ3n) is 4.98. The van der Waals surface area contributed by atoms with Gasteiger partial charge in [0.05, 0.1) is 18.9 Å². The largest absolute Gasteiger partial charge is 0.444 e. The quantitative estimate of drug-likeness (QED) is 0.905. The maximum atomic E-state index is 11.1. The molecule has 3 heterocycles. The Labute approximate surface area is 141 Å². The summed E-state index contributed by atoms with van der Waals surface area (Å²) in [4.78, 5) is 6.59. The van der Waals surface area contributed by atoms with E-state index >= 15 is 0 Å². The fourth-order valence-corrected chi connectivity index (χ4v) is 3.35. The van der Waals surface area contributed by atoms with Crippen LogP contribution in [0.4, 0.5) is 0 Å². The molecule has 1 N–H and O–H groups in total. The van der Waals surface area contributed by atoms with Crippen LogP contribution in [0.25, 0.3) is 0 Å². The first-order valence-electron chi connectivity index (χ1n) is 8.85. The number of likely N-dealkylation sites (tertiary alicyclic amines) is 1. The molecule has 0 aromatic carbocycles. The van der Waals surface area contributed by atoms with Gasteiger partial charge in [-0.2, -0.15) is 0 Å². The van der Waals surface area contributed by atoms with Gasteiger partial charge in [0.2, 0.25) is 5.89 Å². The number of hydrogen-bond acceptors (Lipinski definition) is 6. The fourth-order valence-electron chi connectivity index (χ4n) is 3.35. The van der Waals surface area contributed by atoms with Gasteiger partial charge in [-0.05, 0) is 46.1 Å². The van der Waals surface area contributed by atoms with Crippen molar-refractivity contribution in [3.8, 4) is 0 Å². The minimum atomic E-state index is -0.947. The first-order chi connectivity index (χ1) is 11.5. The van der Waals surface area contributed by atoms with Crippen molar-refractivity contribution in [1.82, 2.24) is 24.9 Å². The van der Waals surface area contributed by atoms with E-state index in [1.807, 2.05) is 12.4 Å². The molecule has 0 spiro atoms. The highest BCUT2D eigenvalue weighted by molar-refractivity contribution is 5.11. The van der Waals surface area contributed by atoms with Crippen molar-refractivity contribution < 1.29 is 9.52 Å². The summed E-state index contributed by atoms with van der Waals surface area (Å²) in [5.41, 5.74) is -0.288. The van der Waals surface area contributed by atoms with Crippen LogP contribution in [0, 0.1) is 0 Å². The molecule has 0 bridgehead atoms. The van der Waals surface area contributed by atoms with Crippen molar-refractivity contribution in [1.29, 1.82) is 0 Å². The van der Waals surface area contributed by atoms with Gasteiger partial charge in [-0.25, -0.2) is 9.67 Å². The Balaban J connectivity index is 1.45. The van der Waals surface area contributed by atoms with E-state index in [2.05, 4.69) is 34.0 Å². The van der Waals surface area contributed by atoms with Crippen LogP contribution in [0.2, 0.25) is 0 Å². The van der Waals surface area contributed by atoms with Gasteiger partial charge in [-0.3, -0.25) is 4.90 Å². The topological polar surface area (TPSA) is 80.2 Å². The van der Waals surface area contributed by atoms with Crippen LogP contribution in [0.3, 0.4) is 0 Å². The van der Waals surface area contributed by atoms with E-state index in [9.17, 15) is 5.11 Å². The number of nitrogens with zero attached hydrogens (tertiary/aromatic N) is 5. The van der Waals surface area contributed by atoms with Gasteiger partial charge in [0.15, 0.2) is 0 Å². The van der Waals surface area contributed by atoms with Crippen LogP contribution < -0.4 is 0 Å². The van der Waals surface area contributed by atoms with E-state index in [1.165, 1.54) is 12.8 Å². The van der Waals surface area contributed by atoms with Gasteiger partial charge < -0.3 is 9.52 Å². The zero-order valence-corrected chi connectivity index (χ0v) is 14.4. The molecule has 24 heavy (non-hydrogen) atoms. The molecule has 2 fully saturated rings. The molecule has 1 aliphatic heterocycles. The number of piperidine rings is 1. The van der Waals surface area contributed by atoms with Crippen LogP contribution in [-0.4, -0.2) is 43.1 Å². The monoisotopic (exact) mass is 331 g/mol. The molecule has 0 amide bonds. The third-order valence-corrected chi connectivity index (χ3v) is 4.98. The molecule has 1 saturated carbocycles. The standard InChI is InChI=1S/C17H25N5O2/c1-12(2)22-9-15(19-20-22)17(23)6-3-7-21(11-17)10-16-18-8-14(24-16)13-4-5-13/h8-9,12-13,23H,3-7,10-11H2,1-2H3. The van der Waals surface area contributed by atoms with Crippen molar-refractivity contribution in [3.05, 3.63) is 29.7 Å². The highest BCUT2D eigenvalue weighted by Gasteiger charge is 2.38. The fraction of sp³-hybridized carbons (Fsp3) is 0.706. The lowest BCUT2D eigenvalue weighted by molar-refractivity contribution is -0.0433. The van der Waals surface area contributed by atoms with Crippen molar-refractivity contribution in [2.24, 2.45) is 0 Å². The van der Waals surface area contributed by atoms with Crippen molar-refractivity contribution in [2.45, 2.75) is 63.6 Å². The van der Waals surface area contributed by atoms with Gasteiger partial charge in [0.25, 0.3) is 0 Å². The molecule has 7 heteroatoms. The molecule has 1 aliphatic carbocycles. The first kappa shape index (κ1) is 15.8. The molecule has 2 aromatic heterocycles. The number of aliphatic hydroxyl groups is 1. The van der Waals surface area contributed by atoms with Gasteiger partial charge >= 0.3 is 0 Å². The summed E-state index contributed by atoms with van der Waals surface area (Å²) in [5, 5.41) is 19.4. The number of aromatic nitrogens is 4. The second-order valence-corrected chi connectivity index (χ2v) is 7.45. The Morgan fingerprint density at radius 1 is 1.42 bits per heavy atom. The number of rotatable bonds is 5. The Kier molecular flexibility index (Phi) is 3.92. The molecule has 7 nitrogen and oxygen atoms in total. The van der Waals surface area contributed by atoms with Gasteiger partial charge in [0, 0.05) is 18.5 Å². The summed E-state index contributed by atoms with van der Waals surface area (Å²) in [6, 6.07) is 0.239. The van der Waals surface area contributed by atoms with Crippen LogP contribution in [0.5, 0.6) is 0 Å². The van der Waals surface area contributed by atoms with Crippen LogP contribution >= 0.6 is 0 Å². The summed E-state index contributed by atoms with van der Waals surface area (Å²) in [6.07, 6.45) is 7.77. The number of hydrogen-bond donors (Lipinski definition) is 1. The molecule has 1 unspecified atom stereocenters.